The Morgan fingerprint density at radius 1 is 1.09 bits per heavy atom. The van der Waals surface area contributed by atoms with Gasteiger partial charge < -0.3 is 20.3 Å². The zero-order valence-electron chi connectivity index (χ0n) is 18.5. The summed E-state index contributed by atoms with van der Waals surface area (Å²) in [6.07, 6.45) is 3.92. The topological polar surface area (TPSA) is 94.1 Å². The lowest BCUT2D eigenvalue weighted by Gasteiger charge is -2.31. The van der Waals surface area contributed by atoms with Gasteiger partial charge in [-0.05, 0) is 48.7 Å². The molecule has 168 valence electrons. The van der Waals surface area contributed by atoms with Crippen LogP contribution < -0.4 is 15.5 Å². The molecule has 0 saturated carbocycles. The fourth-order valence-electron chi connectivity index (χ4n) is 4.28. The van der Waals surface area contributed by atoms with Gasteiger partial charge >= 0.3 is 7.80 Å². The van der Waals surface area contributed by atoms with Crippen molar-refractivity contribution in [1.29, 1.82) is 0 Å². The average molecular weight is 460 g/mol. The van der Waals surface area contributed by atoms with E-state index in [2.05, 4.69) is 39.5 Å². The van der Waals surface area contributed by atoms with Crippen LogP contribution in [0.4, 0.5) is 17.2 Å². The number of nitrogens with one attached hydrogen (secondary N) is 2. The van der Waals surface area contributed by atoms with Crippen LogP contribution in [0.3, 0.4) is 0 Å². The number of para-hydroxylation sites is 1. The van der Waals surface area contributed by atoms with E-state index in [1.165, 1.54) is 5.69 Å². The van der Waals surface area contributed by atoms with Crippen LogP contribution in [0.15, 0.2) is 60.8 Å². The van der Waals surface area contributed by atoms with Crippen molar-refractivity contribution in [2.75, 3.05) is 30.0 Å². The number of aromatic nitrogens is 3. The first kappa shape index (κ1) is 21.6. The second-order valence-corrected chi connectivity index (χ2v) is 9.90. The fourth-order valence-corrected chi connectivity index (χ4v) is 5.04. The first-order valence-corrected chi connectivity index (χ1v) is 12.9. The van der Waals surface area contributed by atoms with Gasteiger partial charge in [-0.3, -0.25) is 0 Å². The summed E-state index contributed by atoms with van der Waals surface area (Å²) in [7, 11) is -1.49. The molecule has 3 N–H and O–H groups in total. The molecule has 1 aliphatic rings. The molecule has 1 unspecified atom stereocenters. The van der Waals surface area contributed by atoms with Gasteiger partial charge in [-0.1, -0.05) is 28.8 Å². The van der Waals surface area contributed by atoms with Crippen LogP contribution >= 0.6 is 7.80 Å². The highest BCUT2D eigenvalue weighted by atomic mass is 31.1. The third-order valence-electron chi connectivity index (χ3n) is 6.08. The molecule has 33 heavy (non-hydrogen) atoms. The van der Waals surface area contributed by atoms with Crippen LogP contribution in [0.2, 0.25) is 0 Å². The van der Waals surface area contributed by atoms with E-state index in [-0.39, 0.29) is 6.10 Å². The van der Waals surface area contributed by atoms with Crippen molar-refractivity contribution < 1.29 is 9.67 Å². The Labute approximate surface area is 193 Å². The number of fused-ring (bicyclic) bond motifs is 1. The van der Waals surface area contributed by atoms with E-state index < -0.39 is 7.80 Å². The third-order valence-corrected chi connectivity index (χ3v) is 7.15. The highest BCUT2D eigenvalue weighted by Crippen LogP contribution is 2.27. The average Bonchev–Trinajstić information content (AvgIpc) is 3.29. The summed E-state index contributed by atoms with van der Waals surface area (Å²) in [4.78, 5) is 15.1. The molecule has 0 bridgehead atoms. The van der Waals surface area contributed by atoms with Gasteiger partial charge in [-0.2, -0.15) is 0 Å². The molecule has 0 aliphatic carbocycles. The highest BCUT2D eigenvalue weighted by molar-refractivity contribution is 7.53. The molecule has 2 aromatic heterocycles. The van der Waals surface area contributed by atoms with Gasteiger partial charge in [-0.15, -0.1) is 0 Å². The van der Waals surface area contributed by atoms with E-state index in [1.54, 1.807) is 6.66 Å². The lowest BCUT2D eigenvalue weighted by molar-refractivity contribution is 0.145. The van der Waals surface area contributed by atoms with E-state index in [4.69, 9.17) is 9.97 Å². The van der Waals surface area contributed by atoms with Gasteiger partial charge in [-0.25, -0.2) is 9.97 Å². The molecule has 0 radical (unpaired) electrons. The van der Waals surface area contributed by atoms with Crippen LogP contribution in [0.1, 0.15) is 24.2 Å². The summed E-state index contributed by atoms with van der Waals surface area (Å²) in [6.45, 7) is 3.47. The van der Waals surface area contributed by atoms with E-state index in [0.29, 0.717) is 12.2 Å². The number of hydrogen-bond acceptors (Lipinski definition) is 6. The second-order valence-electron chi connectivity index (χ2n) is 8.43. The second kappa shape index (κ2) is 9.30. The minimum atomic E-state index is -1.49. The molecule has 8 heteroatoms. The van der Waals surface area contributed by atoms with Crippen LogP contribution in [0.5, 0.6) is 0 Å². The lowest BCUT2D eigenvalue weighted by Crippen LogP contribution is -2.35. The zero-order valence-corrected chi connectivity index (χ0v) is 19.4. The Morgan fingerprint density at radius 3 is 2.61 bits per heavy atom. The predicted molar refractivity (Wildman–Crippen MR) is 133 cm³/mol. The SMILES string of the molecule is C[P+](=O)c1ccccc1Nc1nc(Cc2ccc(N3CCC(O)CC3)cc2)nc2cc[nH]c12. The number of hydrogen-bond donors (Lipinski definition) is 3. The number of aromatic amines is 1. The maximum Gasteiger partial charge on any atom is 0.375 e. The molecule has 1 saturated heterocycles. The van der Waals surface area contributed by atoms with Crippen LogP contribution in [0, 0.1) is 0 Å². The van der Waals surface area contributed by atoms with Gasteiger partial charge in [0.05, 0.1) is 17.3 Å². The molecular weight excluding hydrogens is 433 g/mol. The number of aliphatic hydroxyl groups excluding tert-OH is 1. The van der Waals surface area contributed by atoms with Crippen molar-refractivity contribution in [2.45, 2.75) is 25.4 Å². The van der Waals surface area contributed by atoms with Gasteiger partial charge in [0, 0.05) is 31.4 Å². The van der Waals surface area contributed by atoms with Crippen molar-refractivity contribution in [2.24, 2.45) is 0 Å². The Morgan fingerprint density at radius 2 is 1.85 bits per heavy atom. The largest absolute Gasteiger partial charge is 0.393 e. The van der Waals surface area contributed by atoms with Crippen molar-refractivity contribution in [1.82, 2.24) is 15.0 Å². The van der Waals surface area contributed by atoms with Crippen molar-refractivity contribution in [3.05, 3.63) is 72.2 Å². The molecule has 1 aliphatic heterocycles. The number of nitrogens with zero attached hydrogens (tertiary/aromatic N) is 3. The number of aliphatic hydroxyl groups is 1. The maximum absolute atomic E-state index is 12.2. The molecule has 0 amide bonds. The molecule has 0 spiro atoms. The van der Waals surface area contributed by atoms with Gasteiger partial charge in [0.25, 0.3) is 0 Å². The molecule has 5 rings (SSSR count). The lowest BCUT2D eigenvalue weighted by atomic mass is 10.1. The van der Waals surface area contributed by atoms with Gasteiger partial charge in [0.1, 0.15) is 18.0 Å². The Bertz CT molecular complexity index is 1280. The molecule has 3 heterocycles. The minimum absolute atomic E-state index is 0.172. The number of rotatable bonds is 6. The molecule has 4 aromatic rings. The maximum atomic E-state index is 12.2. The normalized spacial score (nSPS) is 15.1. The standard InChI is InChI=1S/C25H27N5O2P/c1-33(32)22-5-3-2-4-20(22)28-25-24-21(10-13-26-24)27-23(29-25)16-17-6-8-18(9-7-17)30-14-11-19(31)12-15-30/h2-10,13,19,26,31H,11-12,14-16H2,1H3,(H,27,28,29)/q+1. The van der Waals surface area contributed by atoms with E-state index in [9.17, 15) is 9.67 Å². The fraction of sp³-hybridized carbons (Fsp3) is 0.280. The first-order valence-electron chi connectivity index (χ1n) is 11.2. The number of H-pyrrole nitrogens is 1. The zero-order chi connectivity index (χ0) is 22.8. The first-order chi connectivity index (χ1) is 16.1. The quantitative estimate of drug-likeness (QED) is 0.371. The number of anilines is 3. The monoisotopic (exact) mass is 460 g/mol. The van der Waals surface area contributed by atoms with Crippen molar-refractivity contribution in [3.8, 4) is 0 Å². The number of piperidine rings is 1. The number of benzene rings is 2. The summed E-state index contributed by atoms with van der Waals surface area (Å²) in [6, 6.07) is 18.0. The van der Waals surface area contributed by atoms with Crippen LogP contribution in [-0.2, 0) is 11.0 Å². The van der Waals surface area contributed by atoms with Crippen LogP contribution in [0.25, 0.3) is 11.0 Å². The summed E-state index contributed by atoms with van der Waals surface area (Å²) < 4.78 is 12.2. The summed E-state index contributed by atoms with van der Waals surface area (Å²) in [5.41, 5.74) is 4.76. The molecule has 1 atom stereocenters. The smallest absolute Gasteiger partial charge is 0.375 e. The Balaban J connectivity index is 1.39. The molecule has 2 aromatic carbocycles. The van der Waals surface area contributed by atoms with E-state index in [0.717, 1.165) is 59.3 Å². The molecule has 1 fully saturated rings. The predicted octanol–water partition coefficient (Wildman–Crippen LogP) is 4.34. The van der Waals surface area contributed by atoms with Crippen LogP contribution in [-0.4, -0.2) is 45.9 Å². The summed E-state index contributed by atoms with van der Waals surface area (Å²) in [5.74, 6) is 1.39. The minimum Gasteiger partial charge on any atom is -0.393 e. The molecule has 7 nitrogen and oxygen atoms in total. The van der Waals surface area contributed by atoms with E-state index >= 15 is 0 Å². The van der Waals surface area contributed by atoms with Crippen molar-refractivity contribution >= 4 is 41.3 Å². The van der Waals surface area contributed by atoms with E-state index in [1.807, 2.05) is 36.5 Å². The van der Waals surface area contributed by atoms with Gasteiger partial charge in [0.15, 0.2) is 5.82 Å². The molecular formula is C25H27N5O2P+. The summed E-state index contributed by atoms with van der Waals surface area (Å²) in [5, 5.41) is 13.9. The third kappa shape index (κ3) is 4.75. The Kier molecular flexibility index (Phi) is 6.07. The Hall–Kier alpha value is -3.28. The summed E-state index contributed by atoms with van der Waals surface area (Å²) >= 11 is 0. The van der Waals surface area contributed by atoms with Gasteiger partial charge in [0.2, 0.25) is 5.30 Å². The van der Waals surface area contributed by atoms with Crippen molar-refractivity contribution in [3.63, 3.8) is 0 Å². The highest BCUT2D eigenvalue weighted by Gasteiger charge is 2.20.